The van der Waals surface area contributed by atoms with Crippen LogP contribution in [0.25, 0.3) is 0 Å². The Morgan fingerprint density at radius 2 is 1.67 bits per heavy atom. The van der Waals surface area contributed by atoms with Crippen molar-refractivity contribution in [1.82, 2.24) is 5.32 Å². The van der Waals surface area contributed by atoms with Gasteiger partial charge in [0.25, 0.3) is 10.0 Å². The minimum Gasteiger partial charge on any atom is -0.316 e. The molecule has 0 fully saturated rings. The van der Waals surface area contributed by atoms with Crippen molar-refractivity contribution in [2.45, 2.75) is 25.3 Å². The minimum absolute atomic E-state index is 0.273. The Morgan fingerprint density at radius 3 is 2.29 bits per heavy atom. The molecule has 112 valence electrons. The molecular weight excluding hydrogens is 284 g/mol. The van der Waals surface area contributed by atoms with Gasteiger partial charge in [-0.15, -0.1) is 0 Å². The van der Waals surface area contributed by atoms with Crippen molar-refractivity contribution in [2.75, 3.05) is 11.8 Å². The summed E-state index contributed by atoms with van der Waals surface area (Å²) in [5.41, 5.74) is 3.57. The fourth-order valence-corrected chi connectivity index (χ4v) is 3.38. The lowest BCUT2D eigenvalue weighted by Gasteiger charge is -2.11. The molecule has 2 N–H and O–H groups in total. The van der Waals surface area contributed by atoms with E-state index in [0.29, 0.717) is 12.2 Å². The molecule has 0 aliphatic rings. The summed E-state index contributed by atoms with van der Waals surface area (Å²) in [5.74, 6) is 0. The topological polar surface area (TPSA) is 58.2 Å². The van der Waals surface area contributed by atoms with Crippen LogP contribution in [-0.2, 0) is 16.6 Å². The molecule has 5 heteroatoms. The molecule has 0 aliphatic carbocycles. The lowest BCUT2D eigenvalue weighted by Crippen LogP contribution is -2.14. The molecule has 0 amide bonds. The highest BCUT2D eigenvalue weighted by Gasteiger charge is 2.14. The average Bonchev–Trinajstić information content (AvgIpc) is 2.37. The molecule has 0 atom stereocenters. The van der Waals surface area contributed by atoms with E-state index in [0.717, 1.165) is 16.7 Å². The predicted octanol–water partition coefficient (Wildman–Crippen LogP) is 2.82. The molecule has 0 saturated heterocycles. The first-order chi connectivity index (χ1) is 9.90. The zero-order chi connectivity index (χ0) is 15.5. The first kappa shape index (κ1) is 15.5. The van der Waals surface area contributed by atoms with Crippen LogP contribution in [0.5, 0.6) is 0 Å². The van der Waals surface area contributed by atoms with Gasteiger partial charge >= 0.3 is 0 Å². The molecule has 2 aromatic rings. The fourth-order valence-electron chi connectivity index (χ4n) is 2.27. The summed E-state index contributed by atoms with van der Waals surface area (Å²) in [5, 5.41) is 3.01. The number of hydrogen-bond acceptors (Lipinski definition) is 3. The second-order valence-corrected chi connectivity index (χ2v) is 6.84. The zero-order valence-electron chi connectivity index (χ0n) is 12.5. The third kappa shape index (κ3) is 4.06. The van der Waals surface area contributed by atoms with Gasteiger partial charge in [0.05, 0.1) is 4.90 Å². The molecule has 0 spiro atoms. The largest absolute Gasteiger partial charge is 0.316 e. The van der Waals surface area contributed by atoms with Crippen LogP contribution in [0.1, 0.15) is 16.7 Å². The highest BCUT2D eigenvalue weighted by molar-refractivity contribution is 7.92. The third-order valence-corrected chi connectivity index (χ3v) is 4.44. The van der Waals surface area contributed by atoms with E-state index >= 15 is 0 Å². The molecule has 0 heterocycles. The van der Waals surface area contributed by atoms with Crippen molar-refractivity contribution in [3.63, 3.8) is 0 Å². The highest BCUT2D eigenvalue weighted by atomic mass is 32.2. The molecular formula is C16H20N2O2S. The van der Waals surface area contributed by atoms with E-state index in [1.807, 2.05) is 45.2 Å². The first-order valence-electron chi connectivity index (χ1n) is 6.75. The van der Waals surface area contributed by atoms with Crippen LogP contribution in [0.15, 0.2) is 47.4 Å². The summed E-state index contributed by atoms with van der Waals surface area (Å²) >= 11 is 0. The Balaban J connectivity index is 2.31. The van der Waals surface area contributed by atoms with Crippen LogP contribution in [0, 0.1) is 13.8 Å². The molecule has 2 aromatic carbocycles. The Labute approximate surface area is 126 Å². The van der Waals surface area contributed by atoms with Crippen molar-refractivity contribution < 1.29 is 8.42 Å². The van der Waals surface area contributed by atoms with Crippen LogP contribution in [-0.4, -0.2) is 15.5 Å². The number of benzene rings is 2. The molecule has 0 saturated carbocycles. The minimum atomic E-state index is -3.57. The maximum Gasteiger partial charge on any atom is 0.261 e. The quantitative estimate of drug-likeness (QED) is 0.893. The van der Waals surface area contributed by atoms with Gasteiger partial charge in [0.2, 0.25) is 0 Å². The van der Waals surface area contributed by atoms with Crippen molar-refractivity contribution in [3.8, 4) is 0 Å². The van der Waals surface area contributed by atoms with Gasteiger partial charge < -0.3 is 5.32 Å². The van der Waals surface area contributed by atoms with Gasteiger partial charge in [-0.25, -0.2) is 8.42 Å². The van der Waals surface area contributed by atoms with Crippen molar-refractivity contribution in [2.24, 2.45) is 0 Å². The van der Waals surface area contributed by atoms with Crippen LogP contribution in [0.2, 0.25) is 0 Å². The highest BCUT2D eigenvalue weighted by Crippen LogP contribution is 2.19. The zero-order valence-corrected chi connectivity index (χ0v) is 13.3. The summed E-state index contributed by atoms with van der Waals surface area (Å²) in [6, 6.07) is 12.6. The second kappa shape index (κ2) is 6.28. The maximum absolute atomic E-state index is 12.4. The summed E-state index contributed by atoms with van der Waals surface area (Å²) < 4.78 is 27.5. The van der Waals surface area contributed by atoms with Gasteiger partial charge in [-0.3, -0.25) is 4.72 Å². The second-order valence-electron chi connectivity index (χ2n) is 5.16. The molecule has 2 rings (SSSR count). The van der Waals surface area contributed by atoms with Gasteiger partial charge in [-0.05, 0) is 61.9 Å². The Kier molecular flexibility index (Phi) is 4.65. The summed E-state index contributed by atoms with van der Waals surface area (Å²) in [6.45, 7) is 4.52. The monoisotopic (exact) mass is 304 g/mol. The molecule has 0 aromatic heterocycles. The van der Waals surface area contributed by atoms with Gasteiger partial charge in [0.1, 0.15) is 0 Å². The standard InChI is InChI=1S/C16H20N2O2S/c1-12-7-13(2)9-15(8-12)18-21(19,20)16-6-4-5-14(10-16)11-17-3/h4-10,17-18H,11H2,1-3H3. The average molecular weight is 304 g/mol. The summed E-state index contributed by atoms with van der Waals surface area (Å²) in [4.78, 5) is 0.273. The molecule has 4 nitrogen and oxygen atoms in total. The van der Waals surface area contributed by atoms with E-state index in [2.05, 4.69) is 10.0 Å². The van der Waals surface area contributed by atoms with E-state index in [9.17, 15) is 8.42 Å². The lowest BCUT2D eigenvalue weighted by atomic mass is 10.1. The molecule has 0 bridgehead atoms. The number of nitrogens with one attached hydrogen (secondary N) is 2. The maximum atomic E-state index is 12.4. The van der Waals surface area contributed by atoms with E-state index < -0.39 is 10.0 Å². The van der Waals surface area contributed by atoms with Crippen LogP contribution >= 0.6 is 0 Å². The first-order valence-corrected chi connectivity index (χ1v) is 8.24. The van der Waals surface area contributed by atoms with E-state index in [1.54, 1.807) is 18.2 Å². The SMILES string of the molecule is CNCc1cccc(S(=O)(=O)Nc2cc(C)cc(C)c2)c1. The van der Waals surface area contributed by atoms with Crippen molar-refractivity contribution in [1.29, 1.82) is 0 Å². The van der Waals surface area contributed by atoms with E-state index in [-0.39, 0.29) is 4.90 Å². The normalized spacial score (nSPS) is 11.4. The number of hydrogen-bond donors (Lipinski definition) is 2. The van der Waals surface area contributed by atoms with E-state index in [4.69, 9.17) is 0 Å². The van der Waals surface area contributed by atoms with Gasteiger partial charge in [-0.1, -0.05) is 18.2 Å². The third-order valence-electron chi connectivity index (χ3n) is 3.06. The summed E-state index contributed by atoms with van der Waals surface area (Å²) in [6.07, 6.45) is 0. The Hall–Kier alpha value is -1.85. The number of aryl methyl sites for hydroxylation is 2. The van der Waals surface area contributed by atoms with Crippen LogP contribution < -0.4 is 10.0 Å². The van der Waals surface area contributed by atoms with Crippen LogP contribution in [0.3, 0.4) is 0 Å². The predicted molar refractivity (Wildman–Crippen MR) is 85.9 cm³/mol. The van der Waals surface area contributed by atoms with Gasteiger partial charge in [-0.2, -0.15) is 0 Å². The number of anilines is 1. The fraction of sp³-hybridized carbons (Fsp3) is 0.250. The van der Waals surface area contributed by atoms with Gasteiger partial charge in [0, 0.05) is 12.2 Å². The molecule has 21 heavy (non-hydrogen) atoms. The van der Waals surface area contributed by atoms with E-state index in [1.165, 1.54) is 0 Å². The van der Waals surface area contributed by atoms with Crippen molar-refractivity contribution >= 4 is 15.7 Å². The lowest BCUT2D eigenvalue weighted by molar-refractivity contribution is 0.601. The smallest absolute Gasteiger partial charge is 0.261 e. The number of rotatable bonds is 5. The Morgan fingerprint density at radius 1 is 1.00 bits per heavy atom. The molecule has 0 radical (unpaired) electrons. The van der Waals surface area contributed by atoms with Crippen molar-refractivity contribution in [3.05, 3.63) is 59.2 Å². The van der Waals surface area contributed by atoms with Crippen LogP contribution in [0.4, 0.5) is 5.69 Å². The molecule has 0 aliphatic heterocycles. The van der Waals surface area contributed by atoms with Gasteiger partial charge in [0.15, 0.2) is 0 Å². The Bertz CT molecular complexity index is 719. The molecule has 0 unspecified atom stereocenters. The number of sulfonamides is 1. The summed E-state index contributed by atoms with van der Waals surface area (Å²) in [7, 11) is -1.74.